The molecule has 3 heterocycles. The first-order valence-electron chi connectivity index (χ1n) is 8.02. The molecule has 0 radical (unpaired) electrons. The van der Waals surface area contributed by atoms with E-state index < -0.39 is 0 Å². The maximum Gasteiger partial charge on any atom is 0.307 e. The van der Waals surface area contributed by atoms with Gasteiger partial charge in [-0.2, -0.15) is 0 Å². The van der Waals surface area contributed by atoms with Crippen molar-refractivity contribution in [3.05, 3.63) is 24.3 Å². The number of esters is 1. The summed E-state index contributed by atoms with van der Waals surface area (Å²) in [5, 5.41) is 8.09. The number of furan rings is 1. The molecule has 0 amide bonds. The van der Waals surface area contributed by atoms with Crippen LogP contribution in [0.1, 0.15) is 38.5 Å². The minimum atomic E-state index is -0.147. The second-order valence-corrected chi connectivity index (χ2v) is 5.61. The molecule has 0 aliphatic carbocycles. The first-order chi connectivity index (χ1) is 11.3. The van der Waals surface area contributed by atoms with Gasteiger partial charge in [-0.15, -0.1) is 10.2 Å². The van der Waals surface area contributed by atoms with Gasteiger partial charge < -0.3 is 13.6 Å². The molecule has 1 aliphatic heterocycles. The van der Waals surface area contributed by atoms with E-state index in [1.807, 2.05) is 6.92 Å². The molecule has 23 heavy (non-hydrogen) atoms. The van der Waals surface area contributed by atoms with Crippen LogP contribution in [0.3, 0.4) is 0 Å². The van der Waals surface area contributed by atoms with Gasteiger partial charge in [0.05, 0.1) is 25.8 Å². The van der Waals surface area contributed by atoms with Gasteiger partial charge in [-0.05, 0) is 38.4 Å². The van der Waals surface area contributed by atoms with E-state index in [2.05, 4.69) is 15.1 Å². The molecule has 0 aromatic carbocycles. The Balaban J connectivity index is 1.63. The molecule has 0 N–H and O–H groups in total. The molecule has 0 saturated carbocycles. The van der Waals surface area contributed by atoms with E-state index in [4.69, 9.17) is 13.6 Å². The van der Waals surface area contributed by atoms with Gasteiger partial charge in [0, 0.05) is 6.04 Å². The third-order valence-electron chi connectivity index (χ3n) is 3.99. The minimum absolute atomic E-state index is 0.147. The number of nitrogens with zero attached hydrogens (tertiary/aromatic N) is 3. The number of ether oxygens (including phenoxy) is 1. The van der Waals surface area contributed by atoms with Gasteiger partial charge in [0.2, 0.25) is 5.89 Å². The summed E-state index contributed by atoms with van der Waals surface area (Å²) in [5.74, 6) is 1.33. The second-order valence-electron chi connectivity index (χ2n) is 5.61. The number of hydrogen-bond acceptors (Lipinski definition) is 7. The van der Waals surface area contributed by atoms with Gasteiger partial charge in [0.1, 0.15) is 0 Å². The summed E-state index contributed by atoms with van der Waals surface area (Å²) in [6, 6.07) is 3.72. The highest BCUT2D eigenvalue weighted by atomic mass is 16.5. The molecule has 2 aromatic rings. The van der Waals surface area contributed by atoms with Gasteiger partial charge in [-0.1, -0.05) is 6.42 Å². The molecule has 7 nitrogen and oxygen atoms in total. The molecule has 0 unspecified atom stereocenters. The average molecular weight is 319 g/mol. The number of carbonyl (C=O) groups excluding carboxylic acids is 1. The molecule has 2 aromatic heterocycles. The van der Waals surface area contributed by atoms with E-state index in [1.165, 1.54) is 0 Å². The van der Waals surface area contributed by atoms with Crippen molar-refractivity contribution in [1.82, 2.24) is 15.1 Å². The Hall–Kier alpha value is -2.15. The van der Waals surface area contributed by atoms with Crippen LogP contribution >= 0.6 is 0 Å². The van der Waals surface area contributed by atoms with Crippen LogP contribution in [0, 0.1) is 0 Å². The van der Waals surface area contributed by atoms with E-state index >= 15 is 0 Å². The molecular formula is C16H21N3O4. The number of hydrogen-bond donors (Lipinski definition) is 0. The fraction of sp³-hybridized carbons (Fsp3) is 0.562. The van der Waals surface area contributed by atoms with Crippen molar-refractivity contribution in [3.63, 3.8) is 0 Å². The lowest BCUT2D eigenvalue weighted by Gasteiger charge is -2.34. The Morgan fingerprint density at radius 1 is 1.43 bits per heavy atom. The van der Waals surface area contributed by atoms with Crippen molar-refractivity contribution in [2.45, 2.75) is 45.2 Å². The SMILES string of the molecule is CCOC(=O)C[C@@H]1CCCCN1Cc1nnc(-c2ccco2)o1. The van der Waals surface area contributed by atoms with Crippen LogP contribution in [0.5, 0.6) is 0 Å². The molecule has 124 valence electrons. The molecular weight excluding hydrogens is 298 g/mol. The van der Waals surface area contributed by atoms with Gasteiger partial charge in [-0.25, -0.2) is 0 Å². The van der Waals surface area contributed by atoms with Crippen molar-refractivity contribution in [1.29, 1.82) is 0 Å². The Labute approximate surface area is 134 Å². The smallest absolute Gasteiger partial charge is 0.307 e. The molecule has 0 spiro atoms. The van der Waals surface area contributed by atoms with E-state index in [1.54, 1.807) is 18.4 Å². The van der Waals surface area contributed by atoms with Crippen LogP contribution in [-0.2, 0) is 16.1 Å². The maximum atomic E-state index is 11.8. The van der Waals surface area contributed by atoms with E-state index in [0.29, 0.717) is 37.1 Å². The third kappa shape index (κ3) is 3.98. The lowest BCUT2D eigenvalue weighted by atomic mass is 9.99. The number of carbonyl (C=O) groups is 1. The highest BCUT2D eigenvalue weighted by Crippen LogP contribution is 2.24. The zero-order chi connectivity index (χ0) is 16.1. The van der Waals surface area contributed by atoms with Crippen LogP contribution in [0.15, 0.2) is 27.2 Å². The standard InChI is InChI=1S/C16H21N3O4/c1-2-21-15(20)10-12-6-3-4-8-19(12)11-14-17-18-16(23-14)13-7-5-9-22-13/h5,7,9,12H,2-4,6,8,10-11H2,1H3/t12-/m0/s1. The minimum Gasteiger partial charge on any atom is -0.466 e. The first kappa shape index (κ1) is 15.7. The van der Waals surface area contributed by atoms with Crippen LogP contribution in [0.2, 0.25) is 0 Å². The molecule has 1 atom stereocenters. The van der Waals surface area contributed by atoms with Gasteiger partial charge in [0.15, 0.2) is 5.76 Å². The summed E-state index contributed by atoms with van der Waals surface area (Å²) < 4.78 is 16.0. The number of likely N-dealkylation sites (tertiary alicyclic amines) is 1. The fourth-order valence-corrected chi connectivity index (χ4v) is 2.90. The van der Waals surface area contributed by atoms with Crippen LogP contribution in [-0.4, -0.2) is 40.3 Å². The molecule has 1 fully saturated rings. The molecule has 7 heteroatoms. The van der Waals surface area contributed by atoms with Crippen molar-refractivity contribution in [3.8, 4) is 11.7 Å². The Morgan fingerprint density at radius 2 is 2.35 bits per heavy atom. The van der Waals surface area contributed by atoms with E-state index in [-0.39, 0.29) is 12.0 Å². The predicted octanol–water partition coefficient (Wildman–Crippen LogP) is 2.64. The largest absolute Gasteiger partial charge is 0.466 e. The highest BCUT2D eigenvalue weighted by Gasteiger charge is 2.27. The topological polar surface area (TPSA) is 81.6 Å². The maximum absolute atomic E-state index is 11.8. The monoisotopic (exact) mass is 319 g/mol. The van der Waals surface area contributed by atoms with E-state index in [0.717, 1.165) is 25.8 Å². The molecule has 1 saturated heterocycles. The lowest BCUT2D eigenvalue weighted by Crippen LogP contribution is -2.40. The predicted molar refractivity (Wildman–Crippen MR) is 81.3 cm³/mol. The van der Waals surface area contributed by atoms with Gasteiger partial charge in [-0.3, -0.25) is 9.69 Å². The average Bonchev–Trinajstić information content (AvgIpc) is 3.20. The summed E-state index contributed by atoms with van der Waals surface area (Å²) in [6.45, 7) is 3.70. The Bertz CT molecular complexity index is 623. The summed E-state index contributed by atoms with van der Waals surface area (Å²) >= 11 is 0. The summed E-state index contributed by atoms with van der Waals surface area (Å²) in [6.07, 6.45) is 5.20. The normalized spacial score (nSPS) is 18.9. The second kappa shape index (κ2) is 7.41. The van der Waals surface area contributed by atoms with Crippen LogP contribution in [0.4, 0.5) is 0 Å². The third-order valence-corrected chi connectivity index (χ3v) is 3.99. The number of aromatic nitrogens is 2. The van der Waals surface area contributed by atoms with Crippen LogP contribution < -0.4 is 0 Å². The fourth-order valence-electron chi connectivity index (χ4n) is 2.90. The van der Waals surface area contributed by atoms with Gasteiger partial charge >= 0.3 is 5.97 Å². The van der Waals surface area contributed by atoms with Gasteiger partial charge in [0.25, 0.3) is 5.89 Å². The van der Waals surface area contributed by atoms with Crippen molar-refractivity contribution in [2.24, 2.45) is 0 Å². The Morgan fingerprint density at radius 3 is 3.13 bits per heavy atom. The summed E-state index contributed by atoms with van der Waals surface area (Å²) in [7, 11) is 0. The highest BCUT2D eigenvalue weighted by molar-refractivity contribution is 5.70. The quantitative estimate of drug-likeness (QED) is 0.757. The Kier molecular flexibility index (Phi) is 5.07. The zero-order valence-corrected chi connectivity index (χ0v) is 13.2. The van der Waals surface area contributed by atoms with Crippen LogP contribution in [0.25, 0.3) is 11.7 Å². The molecule has 0 bridgehead atoms. The van der Waals surface area contributed by atoms with Crippen molar-refractivity contribution in [2.75, 3.05) is 13.2 Å². The lowest BCUT2D eigenvalue weighted by molar-refractivity contribution is -0.145. The number of piperidine rings is 1. The van der Waals surface area contributed by atoms with Crippen molar-refractivity contribution < 1.29 is 18.4 Å². The molecule has 3 rings (SSSR count). The molecule has 1 aliphatic rings. The zero-order valence-electron chi connectivity index (χ0n) is 13.2. The van der Waals surface area contributed by atoms with E-state index in [9.17, 15) is 4.79 Å². The first-order valence-corrected chi connectivity index (χ1v) is 8.02. The number of rotatable bonds is 6. The summed E-state index contributed by atoms with van der Waals surface area (Å²) in [5.41, 5.74) is 0. The summed E-state index contributed by atoms with van der Waals surface area (Å²) in [4.78, 5) is 14.0. The van der Waals surface area contributed by atoms with Crippen molar-refractivity contribution >= 4 is 5.97 Å².